The van der Waals surface area contributed by atoms with Crippen molar-refractivity contribution in [1.82, 2.24) is 0 Å². The maximum absolute atomic E-state index is 11.7. The summed E-state index contributed by atoms with van der Waals surface area (Å²) < 4.78 is 4.92. The van der Waals surface area contributed by atoms with Gasteiger partial charge in [0.25, 0.3) is 0 Å². The van der Waals surface area contributed by atoms with E-state index in [0.717, 1.165) is 25.7 Å². The van der Waals surface area contributed by atoms with E-state index in [0.29, 0.717) is 12.8 Å². The summed E-state index contributed by atoms with van der Waals surface area (Å²) >= 11 is 0. The van der Waals surface area contributed by atoms with Crippen molar-refractivity contribution in [1.29, 1.82) is 0 Å². The molecule has 0 aromatic heterocycles. The van der Waals surface area contributed by atoms with Gasteiger partial charge < -0.3 is 14.9 Å². The summed E-state index contributed by atoms with van der Waals surface area (Å²) in [5.41, 5.74) is 0. The molecule has 0 amide bonds. The quantitative estimate of drug-likeness (QED) is 0.107. The van der Waals surface area contributed by atoms with E-state index < -0.39 is 6.10 Å². The molecule has 1 unspecified atom stereocenters. The number of unbranched alkanes of at least 4 members (excludes halogenated alkanes) is 16. The van der Waals surface area contributed by atoms with Crippen LogP contribution in [0.3, 0.4) is 0 Å². The van der Waals surface area contributed by atoms with E-state index in [1.807, 2.05) is 0 Å². The van der Waals surface area contributed by atoms with Gasteiger partial charge in [-0.1, -0.05) is 117 Å². The molecule has 0 rings (SSSR count). The first-order valence-corrected chi connectivity index (χ1v) is 13.5. The number of carbonyl (C=O) groups is 2. The number of carbonyl (C=O) groups excluding carboxylic acids is 2. The fourth-order valence-electron chi connectivity index (χ4n) is 3.39. The second-order valence-electron chi connectivity index (χ2n) is 9.03. The normalized spacial score (nSPS) is 11.5. The molecule has 0 bridgehead atoms. The molecule has 5 nitrogen and oxygen atoms in total. The molecule has 0 aromatic rings. The van der Waals surface area contributed by atoms with Crippen molar-refractivity contribution >= 4 is 11.9 Å². The highest BCUT2D eigenvalue weighted by Crippen LogP contribution is 2.12. The number of aliphatic hydroxyl groups is 2. The second-order valence-corrected chi connectivity index (χ2v) is 9.03. The first-order valence-electron chi connectivity index (χ1n) is 13.5. The van der Waals surface area contributed by atoms with Gasteiger partial charge in [-0.05, 0) is 19.8 Å². The average molecular weight is 459 g/mol. The third-order valence-corrected chi connectivity index (χ3v) is 5.46. The zero-order chi connectivity index (χ0) is 24.3. The summed E-state index contributed by atoms with van der Waals surface area (Å²) in [6, 6.07) is 0. The minimum Gasteiger partial charge on any atom is -0.394 e. The van der Waals surface area contributed by atoms with E-state index in [-0.39, 0.29) is 18.5 Å². The summed E-state index contributed by atoms with van der Waals surface area (Å²) in [6.45, 7) is 5.86. The third kappa shape index (κ3) is 31.2. The van der Waals surface area contributed by atoms with Gasteiger partial charge in [0.1, 0.15) is 0 Å². The highest BCUT2D eigenvalue weighted by Gasteiger charge is 2.09. The summed E-state index contributed by atoms with van der Waals surface area (Å²) in [4.78, 5) is 23.4. The smallest absolute Gasteiger partial charge is 0.313 e. The zero-order valence-electron chi connectivity index (χ0n) is 21.5. The van der Waals surface area contributed by atoms with E-state index >= 15 is 0 Å². The Hall–Kier alpha value is -0.940. The van der Waals surface area contributed by atoms with Crippen molar-refractivity contribution in [3.8, 4) is 0 Å². The molecule has 0 aromatic carbocycles. The van der Waals surface area contributed by atoms with E-state index in [1.165, 1.54) is 96.8 Å². The molecule has 0 aliphatic carbocycles. The minimum atomic E-state index is -0.560. The van der Waals surface area contributed by atoms with E-state index in [1.54, 1.807) is 0 Å². The van der Waals surface area contributed by atoms with Gasteiger partial charge in [-0.3, -0.25) is 9.59 Å². The van der Waals surface area contributed by atoms with Crippen LogP contribution < -0.4 is 0 Å². The first kappa shape index (κ1) is 33.2. The Kier molecular flexibility index (Phi) is 29.2. The molecule has 0 aliphatic rings. The standard InChI is InChI=1S/C24H46O3.C3H8O2/c1-3-5-7-9-11-13-15-17-19-21-23(25)27-24(26)22-20-18-16-14-12-10-8-6-4-2;1-3(5)2-4/h3-22H2,1-2H3;3-5H,2H2,1H3. The van der Waals surface area contributed by atoms with E-state index in [2.05, 4.69) is 13.8 Å². The molecule has 5 heteroatoms. The lowest BCUT2D eigenvalue weighted by Crippen LogP contribution is -2.11. The molecular weight excluding hydrogens is 404 g/mol. The molecule has 0 fully saturated rings. The Morgan fingerprint density at radius 1 is 0.594 bits per heavy atom. The van der Waals surface area contributed by atoms with Crippen LogP contribution in [0.1, 0.15) is 149 Å². The Bertz CT molecular complexity index is 364. The predicted molar refractivity (Wildman–Crippen MR) is 134 cm³/mol. The number of aliphatic hydroxyl groups excluding tert-OH is 2. The Morgan fingerprint density at radius 2 is 0.844 bits per heavy atom. The molecule has 0 saturated heterocycles. The minimum absolute atomic E-state index is 0.139. The highest BCUT2D eigenvalue weighted by molar-refractivity contribution is 5.85. The second kappa shape index (κ2) is 28.1. The van der Waals surface area contributed by atoms with Gasteiger partial charge in [-0.15, -0.1) is 0 Å². The number of hydrogen-bond donors (Lipinski definition) is 2. The van der Waals surface area contributed by atoms with Gasteiger partial charge in [0.05, 0.1) is 12.7 Å². The number of hydrogen-bond acceptors (Lipinski definition) is 5. The molecule has 0 radical (unpaired) electrons. The van der Waals surface area contributed by atoms with E-state index in [9.17, 15) is 9.59 Å². The van der Waals surface area contributed by atoms with Crippen molar-refractivity contribution in [2.24, 2.45) is 0 Å². The molecule has 32 heavy (non-hydrogen) atoms. The van der Waals surface area contributed by atoms with Gasteiger partial charge >= 0.3 is 11.9 Å². The van der Waals surface area contributed by atoms with Gasteiger partial charge in [-0.25, -0.2) is 0 Å². The SMILES string of the molecule is CC(O)CO.CCCCCCCCCCCC(=O)OC(=O)CCCCCCCCCCC. The topological polar surface area (TPSA) is 83.8 Å². The maximum Gasteiger partial charge on any atom is 0.313 e. The molecule has 0 heterocycles. The number of esters is 2. The van der Waals surface area contributed by atoms with Crippen LogP contribution in [0, 0.1) is 0 Å². The summed E-state index contributed by atoms with van der Waals surface area (Å²) in [6.07, 6.45) is 22.2. The van der Waals surface area contributed by atoms with Crippen molar-refractivity contribution in [3.63, 3.8) is 0 Å². The van der Waals surface area contributed by atoms with Crippen molar-refractivity contribution in [2.45, 2.75) is 155 Å². The van der Waals surface area contributed by atoms with Gasteiger partial charge in [0.15, 0.2) is 0 Å². The van der Waals surface area contributed by atoms with Gasteiger partial charge in [-0.2, -0.15) is 0 Å². The van der Waals surface area contributed by atoms with Crippen molar-refractivity contribution in [3.05, 3.63) is 0 Å². The molecule has 0 spiro atoms. The lowest BCUT2D eigenvalue weighted by Gasteiger charge is -2.04. The van der Waals surface area contributed by atoms with Crippen molar-refractivity contribution < 1.29 is 24.5 Å². The molecule has 0 saturated carbocycles. The summed E-state index contributed by atoms with van der Waals surface area (Å²) in [7, 11) is 0. The number of rotatable bonds is 21. The highest BCUT2D eigenvalue weighted by atomic mass is 16.6. The van der Waals surface area contributed by atoms with Crippen LogP contribution in [0.4, 0.5) is 0 Å². The van der Waals surface area contributed by atoms with Crippen LogP contribution in [0.5, 0.6) is 0 Å². The van der Waals surface area contributed by atoms with Gasteiger partial charge in [0, 0.05) is 12.8 Å². The zero-order valence-corrected chi connectivity index (χ0v) is 21.5. The van der Waals surface area contributed by atoms with E-state index in [4.69, 9.17) is 14.9 Å². The van der Waals surface area contributed by atoms with Crippen LogP contribution in [-0.4, -0.2) is 34.9 Å². The Morgan fingerprint density at radius 3 is 1.09 bits per heavy atom. The summed E-state index contributed by atoms with van der Waals surface area (Å²) in [5, 5.41) is 16.0. The Labute approximate surface area is 198 Å². The summed E-state index contributed by atoms with van der Waals surface area (Å²) in [5.74, 6) is -0.669. The van der Waals surface area contributed by atoms with Crippen LogP contribution in [0.2, 0.25) is 0 Å². The average Bonchev–Trinajstić information content (AvgIpc) is 2.77. The molecule has 0 aliphatic heterocycles. The monoisotopic (exact) mass is 458 g/mol. The van der Waals surface area contributed by atoms with Crippen LogP contribution in [-0.2, 0) is 14.3 Å². The molecule has 2 N–H and O–H groups in total. The van der Waals surface area contributed by atoms with Crippen molar-refractivity contribution in [2.75, 3.05) is 6.61 Å². The molecule has 1 atom stereocenters. The Balaban J connectivity index is 0. The van der Waals surface area contributed by atoms with Crippen LogP contribution in [0.25, 0.3) is 0 Å². The maximum atomic E-state index is 11.7. The lowest BCUT2D eigenvalue weighted by atomic mass is 10.1. The fourth-order valence-corrected chi connectivity index (χ4v) is 3.39. The lowest BCUT2D eigenvalue weighted by molar-refractivity contribution is -0.159. The van der Waals surface area contributed by atoms with Crippen LogP contribution >= 0.6 is 0 Å². The molecule has 192 valence electrons. The first-order chi connectivity index (χ1) is 15.5. The molecular formula is C27H54O5. The predicted octanol–water partition coefficient (Wildman–Crippen LogP) is 7.26. The van der Waals surface area contributed by atoms with Gasteiger partial charge in [0.2, 0.25) is 0 Å². The third-order valence-electron chi connectivity index (χ3n) is 5.46. The largest absolute Gasteiger partial charge is 0.394 e. The fraction of sp³-hybridized carbons (Fsp3) is 0.926. The van der Waals surface area contributed by atoms with Crippen LogP contribution in [0.15, 0.2) is 0 Å². The number of ether oxygens (including phenoxy) is 1.